The zero-order chi connectivity index (χ0) is 15.8. The molecular weight excluding hydrogens is 284 g/mol. The number of methoxy groups -OCH3 is 1. The summed E-state index contributed by atoms with van der Waals surface area (Å²) in [5, 5.41) is 2.03. The Bertz CT molecular complexity index is 1010. The minimum absolute atomic E-state index is 0.608. The van der Waals surface area contributed by atoms with Crippen LogP contribution in [0.2, 0.25) is 0 Å². The predicted molar refractivity (Wildman–Crippen MR) is 93.8 cm³/mol. The zero-order valence-corrected chi connectivity index (χ0v) is 13.1. The molecule has 0 fully saturated rings. The van der Waals surface area contributed by atoms with E-state index in [1.54, 1.807) is 7.11 Å². The summed E-state index contributed by atoms with van der Waals surface area (Å²) in [6, 6.07) is 20.5. The third-order valence-electron chi connectivity index (χ3n) is 3.99. The van der Waals surface area contributed by atoms with E-state index in [0.717, 1.165) is 33.1 Å². The molecule has 2 aromatic heterocycles. The number of ether oxygens (including phenoxy) is 1. The maximum atomic E-state index is 5.51. The summed E-state index contributed by atoms with van der Waals surface area (Å²) in [6.07, 6.45) is 0. The van der Waals surface area contributed by atoms with Gasteiger partial charge in [0.15, 0.2) is 0 Å². The van der Waals surface area contributed by atoms with Crippen molar-refractivity contribution in [1.82, 2.24) is 9.97 Å². The Labute approximate surface area is 134 Å². The van der Waals surface area contributed by atoms with Gasteiger partial charge in [-0.15, -0.1) is 0 Å². The summed E-state index contributed by atoms with van der Waals surface area (Å²) in [7, 11) is 1.65. The van der Waals surface area contributed by atoms with Gasteiger partial charge in [0.25, 0.3) is 0 Å². The van der Waals surface area contributed by atoms with E-state index in [9.17, 15) is 0 Å². The molecule has 3 heteroatoms. The molecule has 0 spiro atoms. The molecule has 2 heterocycles. The summed E-state index contributed by atoms with van der Waals surface area (Å²) >= 11 is 0. The van der Waals surface area contributed by atoms with E-state index < -0.39 is 0 Å². The van der Waals surface area contributed by atoms with E-state index in [-0.39, 0.29) is 0 Å². The van der Waals surface area contributed by atoms with E-state index in [2.05, 4.69) is 36.2 Å². The van der Waals surface area contributed by atoms with E-state index in [1.165, 1.54) is 5.56 Å². The van der Waals surface area contributed by atoms with Crippen molar-refractivity contribution in [3.63, 3.8) is 0 Å². The van der Waals surface area contributed by atoms with Gasteiger partial charge >= 0.3 is 0 Å². The van der Waals surface area contributed by atoms with Crippen LogP contribution in [0.15, 0.2) is 60.7 Å². The SMILES string of the molecule is COc1nc(-c2ccccc2)cc2nc3cc(C)ccc3cc12. The van der Waals surface area contributed by atoms with Crippen LogP contribution in [0.5, 0.6) is 5.88 Å². The van der Waals surface area contributed by atoms with Crippen LogP contribution in [0.1, 0.15) is 5.56 Å². The van der Waals surface area contributed by atoms with Gasteiger partial charge in [0.1, 0.15) is 0 Å². The molecule has 3 nitrogen and oxygen atoms in total. The average molecular weight is 300 g/mol. The van der Waals surface area contributed by atoms with Gasteiger partial charge in [0.2, 0.25) is 5.88 Å². The fourth-order valence-electron chi connectivity index (χ4n) is 2.82. The van der Waals surface area contributed by atoms with Crippen LogP contribution in [-0.4, -0.2) is 17.1 Å². The number of hydrogen-bond acceptors (Lipinski definition) is 3. The number of benzene rings is 2. The second kappa shape index (κ2) is 5.36. The summed E-state index contributed by atoms with van der Waals surface area (Å²) in [5.41, 5.74) is 5.01. The van der Waals surface area contributed by atoms with Gasteiger partial charge in [-0.25, -0.2) is 9.97 Å². The molecule has 0 saturated heterocycles. The molecular formula is C20H16N2O. The Morgan fingerprint density at radius 2 is 1.65 bits per heavy atom. The Morgan fingerprint density at radius 1 is 0.826 bits per heavy atom. The van der Waals surface area contributed by atoms with Crippen LogP contribution < -0.4 is 4.74 Å². The molecule has 4 rings (SSSR count). The molecule has 0 unspecified atom stereocenters. The molecule has 0 saturated carbocycles. The maximum Gasteiger partial charge on any atom is 0.223 e. The van der Waals surface area contributed by atoms with Crippen molar-refractivity contribution in [2.75, 3.05) is 7.11 Å². The van der Waals surface area contributed by atoms with Crippen LogP contribution in [-0.2, 0) is 0 Å². The fraction of sp³-hybridized carbons (Fsp3) is 0.100. The Kier molecular flexibility index (Phi) is 3.19. The number of rotatable bonds is 2. The van der Waals surface area contributed by atoms with Crippen molar-refractivity contribution in [3.05, 3.63) is 66.2 Å². The van der Waals surface area contributed by atoms with E-state index in [0.29, 0.717) is 5.88 Å². The summed E-state index contributed by atoms with van der Waals surface area (Å²) in [6.45, 7) is 2.08. The van der Waals surface area contributed by atoms with Crippen molar-refractivity contribution in [2.24, 2.45) is 0 Å². The standard InChI is InChI=1S/C20H16N2O/c1-13-8-9-15-11-16-19(21-17(15)10-13)12-18(22-20(16)23-2)14-6-4-3-5-7-14/h3-12H,1-2H3. The highest BCUT2D eigenvalue weighted by atomic mass is 16.5. The second-order valence-corrected chi connectivity index (χ2v) is 5.63. The highest BCUT2D eigenvalue weighted by molar-refractivity contribution is 5.96. The lowest BCUT2D eigenvalue weighted by molar-refractivity contribution is 0.404. The van der Waals surface area contributed by atoms with Gasteiger partial charge < -0.3 is 4.74 Å². The van der Waals surface area contributed by atoms with Crippen molar-refractivity contribution in [1.29, 1.82) is 0 Å². The molecule has 112 valence electrons. The topological polar surface area (TPSA) is 35.0 Å². The summed E-state index contributed by atoms with van der Waals surface area (Å²) in [5.74, 6) is 0.608. The first-order valence-corrected chi connectivity index (χ1v) is 7.56. The largest absolute Gasteiger partial charge is 0.480 e. The average Bonchev–Trinajstić information content (AvgIpc) is 2.59. The molecule has 0 aliphatic rings. The molecule has 4 aromatic rings. The molecule has 2 aromatic carbocycles. The van der Waals surface area contributed by atoms with Crippen LogP contribution in [0.25, 0.3) is 33.1 Å². The van der Waals surface area contributed by atoms with Gasteiger partial charge in [-0.05, 0) is 30.7 Å². The molecule has 23 heavy (non-hydrogen) atoms. The van der Waals surface area contributed by atoms with Gasteiger partial charge in [-0.3, -0.25) is 0 Å². The predicted octanol–water partition coefficient (Wildman–Crippen LogP) is 4.77. The Morgan fingerprint density at radius 3 is 2.43 bits per heavy atom. The minimum atomic E-state index is 0.608. The van der Waals surface area contributed by atoms with Crippen molar-refractivity contribution >= 4 is 21.8 Å². The van der Waals surface area contributed by atoms with Crippen molar-refractivity contribution in [2.45, 2.75) is 6.92 Å². The quantitative estimate of drug-likeness (QED) is 0.500. The van der Waals surface area contributed by atoms with Crippen molar-refractivity contribution in [3.8, 4) is 17.1 Å². The molecule has 0 radical (unpaired) electrons. The van der Waals surface area contributed by atoms with Crippen LogP contribution >= 0.6 is 0 Å². The second-order valence-electron chi connectivity index (χ2n) is 5.63. The molecule has 0 aliphatic carbocycles. The van der Waals surface area contributed by atoms with E-state index >= 15 is 0 Å². The lowest BCUT2D eigenvalue weighted by atomic mass is 10.1. The van der Waals surface area contributed by atoms with E-state index in [1.807, 2.05) is 36.4 Å². The lowest BCUT2D eigenvalue weighted by Crippen LogP contribution is -1.94. The molecule has 0 amide bonds. The maximum absolute atomic E-state index is 5.51. The molecule has 0 atom stereocenters. The number of hydrogen-bond donors (Lipinski definition) is 0. The van der Waals surface area contributed by atoms with Crippen LogP contribution in [0.4, 0.5) is 0 Å². The first kappa shape index (κ1) is 13.7. The first-order valence-electron chi connectivity index (χ1n) is 7.56. The highest BCUT2D eigenvalue weighted by Crippen LogP contribution is 2.30. The number of pyridine rings is 2. The van der Waals surface area contributed by atoms with Gasteiger partial charge in [0.05, 0.1) is 29.2 Å². The van der Waals surface area contributed by atoms with E-state index in [4.69, 9.17) is 9.72 Å². The Hall–Kier alpha value is -2.94. The highest BCUT2D eigenvalue weighted by Gasteiger charge is 2.10. The van der Waals surface area contributed by atoms with Gasteiger partial charge in [0, 0.05) is 10.9 Å². The number of aryl methyl sites for hydroxylation is 1. The molecule has 0 aliphatic heterocycles. The van der Waals surface area contributed by atoms with Gasteiger partial charge in [-0.2, -0.15) is 0 Å². The number of nitrogens with zero attached hydrogens (tertiary/aromatic N) is 2. The minimum Gasteiger partial charge on any atom is -0.480 e. The fourth-order valence-corrected chi connectivity index (χ4v) is 2.82. The monoisotopic (exact) mass is 300 g/mol. The third-order valence-corrected chi connectivity index (χ3v) is 3.99. The number of fused-ring (bicyclic) bond motifs is 2. The van der Waals surface area contributed by atoms with Gasteiger partial charge in [-0.1, -0.05) is 42.5 Å². The number of aromatic nitrogens is 2. The smallest absolute Gasteiger partial charge is 0.223 e. The molecule has 0 bridgehead atoms. The molecule has 0 N–H and O–H groups in total. The summed E-state index contributed by atoms with van der Waals surface area (Å²) < 4.78 is 5.51. The van der Waals surface area contributed by atoms with Crippen LogP contribution in [0, 0.1) is 6.92 Å². The Balaban J connectivity index is 2.03. The lowest BCUT2D eigenvalue weighted by Gasteiger charge is -2.09. The first-order chi connectivity index (χ1) is 11.2. The third kappa shape index (κ3) is 2.40. The van der Waals surface area contributed by atoms with Crippen LogP contribution in [0.3, 0.4) is 0 Å². The normalized spacial score (nSPS) is 11.0. The summed E-state index contributed by atoms with van der Waals surface area (Å²) in [4.78, 5) is 9.47. The van der Waals surface area contributed by atoms with Crippen molar-refractivity contribution < 1.29 is 4.74 Å². The zero-order valence-electron chi connectivity index (χ0n) is 13.1.